The van der Waals surface area contributed by atoms with E-state index < -0.39 is 15.4 Å². The van der Waals surface area contributed by atoms with Gasteiger partial charge >= 0.3 is 0 Å². The lowest BCUT2D eigenvalue weighted by Crippen LogP contribution is -2.44. The Kier molecular flexibility index (Phi) is 6.19. The molecule has 2 aromatic carbocycles. The van der Waals surface area contributed by atoms with Crippen LogP contribution >= 0.6 is 0 Å². The first-order valence-corrected chi connectivity index (χ1v) is 12.5. The largest absolute Gasteiger partial charge is 0.359 e. The number of fused-ring (bicyclic) bond motifs is 1. The zero-order chi connectivity index (χ0) is 22.1. The highest BCUT2D eigenvalue weighted by Crippen LogP contribution is 2.49. The molecule has 7 heteroatoms. The second kappa shape index (κ2) is 8.73. The minimum absolute atomic E-state index is 0.0216. The van der Waals surface area contributed by atoms with Crippen molar-refractivity contribution < 1.29 is 13.2 Å². The minimum Gasteiger partial charge on any atom is -0.359 e. The molecule has 31 heavy (non-hydrogen) atoms. The van der Waals surface area contributed by atoms with Gasteiger partial charge in [-0.3, -0.25) is 9.69 Å². The Labute approximate surface area is 185 Å². The molecule has 1 aliphatic heterocycles. The topological polar surface area (TPSA) is 78.5 Å². The fourth-order valence-electron chi connectivity index (χ4n) is 5.33. The molecule has 2 N–H and O–H groups in total. The summed E-state index contributed by atoms with van der Waals surface area (Å²) in [7, 11) is -1.81. The van der Waals surface area contributed by atoms with E-state index in [-0.39, 0.29) is 23.6 Å². The van der Waals surface area contributed by atoms with Crippen LogP contribution < -0.4 is 10.0 Å². The molecule has 1 saturated heterocycles. The molecular weight excluding hydrogens is 410 g/mol. The monoisotopic (exact) mass is 441 g/mol. The van der Waals surface area contributed by atoms with E-state index in [9.17, 15) is 13.2 Å². The van der Waals surface area contributed by atoms with Gasteiger partial charge in [-0.15, -0.1) is 0 Å². The number of aryl methyl sites for hydroxylation is 1. The van der Waals surface area contributed by atoms with Gasteiger partial charge in [-0.25, -0.2) is 13.1 Å². The summed E-state index contributed by atoms with van der Waals surface area (Å²) in [6, 6.07) is 17.6. The van der Waals surface area contributed by atoms with Crippen molar-refractivity contribution in [3.63, 3.8) is 0 Å². The molecule has 2 fully saturated rings. The van der Waals surface area contributed by atoms with Gasteiger partial charge in [0.2, 0.25) is 15.9 Å². The molecule has 0 unspecified atom stereocenters. The number of carbonyl (C=O) groups is 1. The van der Waals surface area contributed by atoms with Gasteiger partial charge in [0.05, 0.1) is 11.2 Å². The first-order valence-electron chi connectivity index (χ1n) is 10.8. The Morgan fingerprint density at radius 2 is 1.81 bits per heavy atom. The van der Waals surface area contributed by atoms with E-state index in [0.29, 0.717) is 19.4 Å². The van der Waals surface area contributed by atoms with Crippen LogP contribution in [0.1, 0.15) is 29.5 Å². The Balaban J connectivity index is 1.44. The first kappa shape index (κ1) is 22.0. The predicted octanol–water partition coefficient (Wildman–Crippen LogP) is 2.44. The average molecular weight is 442 g/mol. The van der Waals surface area contributed by atoms with Gasteiger partial charge in [0.1, 0.15) is 0 Å². The lowest BCUT2D eigenvalue weighted by Gasteiger charge is -2.27. The Morgan fingerprint density at radius 1 is 1.10 bits per heavy atom. The zero-order valence-corrected chi connectivity index (χ0v) is 19.0. The maximum Gasteiger partial charge on any atom is 0.227 e. The van der Waals surface area contributed by atoms with Crippen LogP contribution in [0.25, 0.3) is 0 Å². The fourth-order valence-corrected chi connectivity index (χ4v) is 6.73. The smallest absolute Gasteiger partial charge is 0.227 e. The van der Waals surface area contributed by atoms with Gasteiger partial charge in [-0.05, 0) is 36.8 Å². The van der Waals surface area contributed by atoms with Crippen molar-refractivity contribution in [2.45, 2.75) is 38.1 Å². The van der Waals surface area contributed by atoms with E-state index in [2.05, 4.69) is 27.1 Å². The molecule has 1 heterocycles. The maximum atomic E-state index is 12.9. The van der Waals surface area contributed by atoms with Gasteiger partial charge in [-0.1, -0.05) is 60.2 Å². The summed E-state index contributed by atoms with van der Waals surface area (Å²) in [6.45, 7) is 4.24. The number of nitrogens with zero attached hydrogens (tertiary/aromatic N) is 1. The highest BCUT2D eigenvalue weighted by atomic mass is 32.2. The van der Waals surface area contributed by atoms with Crippen molar-refractivity contribution in [3.8, 4) is 0 Å². The van der Waals surface area contributed by atoms with E-state index in [0.717, 1.165) is 24.2 Å². The average Bonchev–Trinajstić information content (AvgIpc) is 3.23. The zero-order valence-electron chi connectivity index (χ0n) is 18.2. The fraction of sp³-hybridized carbons (Fsp3) is 0.458. The molecule has 1 saturated carbocycles. The quantitative estimate of drug-likeness (QED) is 0.692. The van der Waals surface area contributed by atoms with E-state index in [1.54, 1.807) is 7.05 Å². The number of hydrogen-bond acceptors (Lipinski definition) is 4. The van der Waals surface area contributed by atoms with Crippen molar-refractivity contribution in [3.05, 3.63) is 71.3 Å². The van der Waals surface area contributed by atoms with Crippen molar-refractivity contribution in [2.24, 2.45) is 11.3 Å². The summed E-state index contributed by atoms with van der Waals surface area (Å²) in [5.74, 6) is 0.123. The summed E-state index contributed by atoms with van der Waals surface area (Å²) in [4.78, 5) is 15.3. The van der Waals surface area contributed by atoms with Gasteiger partial charge in [0, 0.05) is 32.7 Å². The summed E-state index contributed by atoms with van der Waals surface area (Å²) in [5, 5.41) is 2.84. The number of benzene rings is 2. The molecule has 0 bridgehead atoms. The van der Waals surface area contributed by atoms with Crippen LogP contribution in [0.3, 0.4) is 0 Å². The lowest BCUT2D eigenvalue weighted by atomic mass is 9.80. The molecule has 0 spiro atoms. The number of likely N-dealkylation sites (tertiary alicyclic amines) is 1. The Hall–Kier alpha value is -2.22. The minimum atomic E-state index is -3.48. The number of hydrogen-bond donors (Lipinski definition) is 2. The molecule has 2 aromatic rings. The highest BCUT2D eigenvalue weighted by Gasteiger charge is 2.57. The third-order valence-electron chi connectivity index (χ3n) is 6.70. The van der Waals surface area contributed by atoms with Crippen LogP contribution in [0.15, 0.2) is 54.6 Å². The van der Waals surface area contributed by atoms with Crippen LogP contribution in [0, 0.1) is 18.3 Å². The number of rotatable bonds is 7. The van der Waals surface area contributed by atoms with Crippen molar-refractivity contribution in [1.29, 1.82) is 0 Å². The maximum absolute atomic E-state index is 12.9. The molecule has 3 atom stereocenters. The Morgan fingerprint density at radius 3 is 2.48 bits per heavy atom. The second-order valence-electron chi connectivity index (χ2n) is 9.09. The number of carbonyl (C=O) groups excluding carboxylic acids is 1. The summed E-state index contributed by atoms with van der Waals surface area (Å²) < 4.78 is 28.5. The molecule has 4 rings (SSSR count). The number of sulfonamides is 1. The van der Waals surface area contributed by atoms with Crippen LogP contribution in [0.4, 0.5) is 0 Å². The molecule has 0 aromatic heterocycles. The second-order valence-corrected chi connectivity index (χ2v) is 10.8. The molecule has 6 nitrogen and oxygen atoms in total. The third-order valence-corrected chi connectivity index (χ3v) is 8.10. The first-order chi connectivity index (χ1) is 14.8. The molecule has 166 valence electrons. The van der Waals surface area contributed by atoms with Crippen LogP contribution in [0.5, 0.6) is 0 Å². The molecule has 1 aliphatic carbocycles. The lowest BCUT2D eigenvalue weighted by molar-refractivity contribution is -0.131. The van der Waals surface area contributed by atoms with Crippen LogP contribution in [0.2, 0.25) is 0 Å². The number of nitrogens with one attached hydrogen (secondary N) is 2. The van der Waals surface area contributed by atoms with E-state index in [4.69, 9.17) is 0 Å². The van der Waals surface area contributed by atoms with Gasteiger partial charge in [0.15, 0.2) is 0 Å². The van der Waals surface area contributed by atoms with E-state index in [1.807, 2.05) is 49.4 Å². The summed E-state index contributed by atoms with van der Waals surface area (Å²) >= 11 is 0. The van der Waals surface area contributed by atoms with E-state index >= 15 is 0 Å². The van der Waals surface area contributed by atoms with Crippen LogP contribution in [-0.4, -0.2) is 45.4 Å². The SMILES string of the molecule is CNC(=O)[C@]12C[C@@H](NS(=O)(=O)Cc3ccc(C)cc3)C[C@H]1CN(Cc1ccccc1)C2. The predicted molar refractivity (Wildman–Crippen MR) is 122 cm³/mol. The molecular formula is C24H31N3O3S. The van der Waals surface area contributed by atoms with Gasteiger partial charge in [-0.2, -0.15) is 0 Å². The highest BCUT2D eigenvalue weighted by molar-refractivity contribution is 7.88. The van der Waals surface area contributed by atoms with Crippen molar-refractivity contribution in [1.82, 2.24) is 14.9 Å². The summed E-state index contributed by atoms with van der Waals surface area (Å²) in [5.41, 5.74) is 2.56. The van der Waals surface area contributed by atoms with E-state index in [1.165, 1.54) is 5.56 Å². The van der Waals surface area contributed by atoms with Gasteiger partial charge < -0.3 is 5.32 Å². The molecule has 0 radical (unpaired) electrons. The summed E-state index contributed by atoms with van der Waals surface area (Å²) in [6.07, 6.45) is 1.22. The molecule has 2 aliphatic rings. The van der Waals surface area contributed by atoms with Crippen molar-refractivity contribution in [2.75, 3.05) is 20.1 Å². The van der Waals surface area contributed by atoms with Crippen LogP contribution in [-0.2, 0) is 27.1 Å². The Bertz CT molecular complexity index is 1020. The van der Waals surface area contributed by atoms with Gasteiger partial charge in [0.25, 0.3) is 0 Å². The van der Waals surface area contributed by atoms with Crippen molar-refractivity contribution >= 4 is 15.9 Å². The number of amides is 1. The molecule has 1 amide bonds. The third kappa shape index (κ3) is 4.84. The normalized spacial score (nSPS) is 26.0. The standard InChI is InChI=1S/C24H31N3O3S/c1-18-8-10-20(11-9-18)16-31(29,30)26-22-12-21-15-27(14-19-6-4-3-5-7-19)17-24(21,13-22)23(28)25-2/h3-11,21-22,26H,12-17H2,1-2H3,(H,25,28)/t21-,22-,24-/m0/s1.